The minimum Gasteiger partial charge on any atom is -0.447 e. The summed E-state index contributed by atoms with van der Waals surface area (Å²) in [6.07, 6.45) is 5.10. The molecule has 1 fully saturated rings. The molecule has 3 amide bonds. The van der Waals surface area contributed by atoms with E-state index in [9.17, 15) is 9.59 Å². The van der Waals surface area contributed by atoms with Crippen LogP contribution in [0, 0.1) is 0 Å². The van der Waals surface area contributed by atoms with Gasteiger partial charge < -0.3 is 30.0 Å². The zero-order valence-corrected chi connectivity index (χ0v) is 23.0. The smallest absolute Gasteiger partial charge is 0.407 e. The van der Waals surface area contributed by atoms with Crippen LogP contribution < -0.4 is 16.0 Å². The van der Waals surface area contributed by atoms with Crippen molar-refractivity contribution in [1.82, 2.24) is 20.2 Å². The first-order chi connectivity index (χ1) is 18.9. The van der Waals surface area contributed by atoms with Crippen LogP contribution in [0.1, 0.15) is 56.8 Å². The lowest BCUT2D eigenvalue weighted by Gasteiger charge is -2.29. The second-order valence-electron chi connectivity index (χ2n) is 10.2. The fourth-order valence-electron chi connectivity index (χ4n) is 4.95. The number of alkyl carbamates (subject to hydrolysis) is 1. The zero-order valence-electron chi connectivity index (χ0n) is 23.0. The lowest BCUT2D eigenvalue weighted by molar-refractivity contribution is 0.109. The number of amides is 3. The molecule has 1 aromatic heterocycles. The number of hydrogen-bond donors (Lipinski definition) is 3. The topological polar surface area (TPSA) is 107 Å². The van der Waals surface area contributed by atoms with E-state index in [1.165, 1.54) is 0 Å². The largest absolute Gasteiger partial charge is 0.447 e. The van der Waals surface area contributed by atoms with Gasteiger partial charge in [0, 0.05) is 37.8 Å². The van der Waals surface area contributed by atoms with E-state index in [4.69, 9.17) is 14.5 Å². The Kier molecular flexibility index (Phi) is 9.97. The van der Waals surface area contributed by atoms with Gasteiger partial charge in [-0.05, 0) is 62.8 Å². The minimum atomic E-state index is -0.344. The maximum absolute atomic E-state index is 12.3. The van der Waals surface area contributed by atoms with E-state index in [-0.39, 0.29) is 24.3 Å². The number of aromatic nitrogens is 2. The summed E-state index contributed by atoms with van der Waals surface area (Å²) in [5.41, 5.74) is 3.80. The molecule has 0 bridgehead atoms. The Morgan fingerprint density at radius 3 is 2.41 bits per heavy atom. The van der Waals surface area contributed by atoms with Gasteiger partial charge in [-0.3, -0.25) is 0 Å². The van der Waals surface area contributed by atoms with Crippen molar-refractivity contribution in [3.8, 4) is 11.3 Å². The van der Waals surface area contributed by atoms with Crippen LogP contribution >= 0.6 is 0 Å². The lowest BCUT2D eigenvalue weighted by atomic mass is 9.85. The summed E-state index contributed by atoms with van der Waals surface area (Å²) >= 11 is 0. The number of urea groups is 1. The number of nitrogens with zero attached hydrogens (tertiary/aromatic N) is 2. The third kappa shape index (κ3) is 8.07. The van der Waals surface area contributed by atoms with E-state index in [0.717, 1.165) is 48.3 Å². The van der Waals surface area contributed by atoms with E-state index in [0.29, 0.717) is 31.3 Å². The van der Waals surface area contributed by atoms with Crippen molar-refractivity contribution in [2.24, 2.45) is 0 Å². The Balaban J connectivity index is 1.38. The molecule has 3 aromatic rings. The van der Waals surface area contributed by atoms with Gasteiger partial charge in [-0.15, -0.1) is 0 Å². The molecule has 0 unspecified atom stereocenters. The Morgan fingerprint density at radius 1 is 1.03 bits per heavy atom. The first-order valence-corrected chi connectivity index (χ1v) is 13.6. The number of imidazole rings is 1. The van der Waals surface area contributed by atoms with Gasteiger partial charge >= 0.3 is 12.1 Å². The predicted octanol–water partition coefficient (Wildman–Crippen LogP) is 5.68. The monoisotopic (exact) mass is 533 g/mol. The SMILES string of the molecule is COCCn1c(-c2ccc(NC(=O)NCc3ccccc3)cc2)cnc1C1CCC(NC(=O)OC(C)C)CC1. The lowest BCUT2D eigenvalue weighted by Crippen LogP contribution is -2.38. The molecule has 9 heteroatoms. The molecule has 1 aliphatic carbocycles. The molecular formula is C30H39N5O4. The third-order valence-electron chi connectivity index (χ3n) is 6.90. The van der Waals surface area contributed by atoms with Gasteiger partial charge in [0.2, 0.25) is 0 Å². The maximum Gasteiger partial charge on any atom is 0.407 e. The molecule has 1 saturated carbocycles. The Labute approximate surface area is 230 Å². The highest BCUT2D eigenvalue weighted by Crippen LogP contribution is 2.35. The highest BCUT2D eigenvalue weighted by molar-refractivity contribution is 5.89. The molecule has 0 aliphatic heterocycles. The van der Waals surface area contributed by atoms with Gasteiger partial charge in [-0.25, -0.2) is 14.6 Å². The number of rotatable bonds is 10. The number of hydrogen-bond acceptors (Lipinski definition) is 5. The van der Waals surface area contributed by atoms with E-state index in [1.807, 2.05) is 74.6 Å². The van der Waals surface area contributed by atoms with Crippen molar-refractivity contribution in [2.75, 3.05) is 19.0 Å². The predicted molar refractivity (Wildman–Crippen MR) is 152 cm³/mol. The van der Waals surface area contributed by atoms with E-state index in [1.54, 1.807) is 7.11 Å². The molecule has 0 saturated heterocycles. The van der Waals surface area contributed by atoms with Crippen LogP contribution in [0.2, 0.25) is 0 Å². The van der Waals surface area contributed by atoms with Gasteiger partial charge in [-0.1, -0.05) is 42.5 Å². The summed E-state index contributed by atoms with van der Waals surface area (Å²) in [7, 11) is 1.70. The molecule has 9 nitrogen and oxygen atoms in total. The van der Waals surface area contributed by atoms with Crippen molar-refractivity contribution in [2.45, 2.75) is 70.7 Å². The second-order valence-corrected chi connectivity index (χ2v) is 10.2. The molecule has 0 atom stereocenters. The minimum absolute atomic E-state index is 0.124. The van der Waals surface area contributed by atoms with Crippen LogP contribution in [0.4, 0.5) is 15.3 Å². The Bertz CT molecular complexity index is 1200. The molecule has 1 aliphatic rings. The normalized spacial score (nSPS) is 17.0. The molecule has 2 aromatic carbocycles. The molecule has 1 heterocycles. The Morgan fingerprint density at radius 2 is 1.74 bits per heavy atom. The fraction of sp³-hybridized carbons (Fsp3) is 0.433. The van der Waals surface area contributed by atoms with Crippen molar-refractivity contribution in [3.63, 3.8) is 0 Å². The van der Waals surface area contributed by atoms with Gasteiger partial charge in [0.15, 0.2) is 0 Å². The number of carbonyl (C=O) groups is 2. The second kappa shape index (κ2) is 13.8. The van der Waals surface area contributed by atoms with Crippen molar-refractivity contribution in [3.05, 3.63) is 72.2 Å². The third-order valence-corrected chi connectivity index (χ3v) is 6.90. The number of benzene rings is 2. The number of ether oxygens (including phenoxy) is 2. The zero-order chi connectivity index (χ0) is 27.6. The van der Waals surface area contributed by atoms with Gasteiger partial charge in [0.25, 0.3) is 0 Å². The summed E-state index contributed by atoms with van der Waals surface area (Å²) < 4.78 is 12.9. The van der Waals surface area contributed by atoms with Crippen LogP contribution in [0.25, 0.3) is 11.3 Å². The van der Waals surface area contributed by atoms with Crippen LogP contribution in [0.5, 0.6) is 0 Å². The molecule has 3 N–H and O–H groups in total. The molecule has 0 radical (unpaired) electrons. The van der Waals surface area contributed by atoms with Crippen molar-refractivity contribution >= 4 is 17.8 Å². The summed E-state index contributed by atoms with van der Waals surface area (Å²) in [5, 5.41) is 8.77. The number of carbonyl (C=O) groups excluding carboxylic acids is 2. The first kappa shape index (κ1) is 28.2. The number of nitrogens with one attached hydrogen (secondary N) is 3. The van der Waals surface area contributed by atoms with Crippen LogP contribution in [-0.4, -0.2) is 47.5 Å². The van der Waals surface area contributed by atoms with E-state index in [2.05, 4.69) is 20.5 Å². The van der Waals surface area contributed by atoms with Gasteiger partial charge in [0.1, 0.15) is 5.82 Å². The molecule has 39 heavy (non-hydrogen) atoms. The average molecular weight is 534 g/mol. The number of anilines is 1. The van der Waals surface area contributed by atoms with Crippen LogP contribution in [0.15, 0.2) is 60.8 Å². The van der Waals surface area contributed by atoms with Gasteiger partial charge in [0.05, 0.1) is 24.6 Å². The summed E-state index contributed by atoms with van der Waals surface area (Å²) in [6.45, 7) is 5.44. The highest BCUT2D eigenvalue weighted by atomic mass is 16.6. The first-order valence-electron chi connectivity index (χ1n) is 13.6. The Hall–Kier alpha value is -3.85. The van der Waals surface area contributed by atoms with Crippen molar-refractivity contribution in [1.29, 1.82) is 0 Å². The molecule has 208 valence electrons. The van der Waals surface area contributed by atoms with E-state index >= 15 is 0 Å². The van der Waals surface area contributed by atoms with Crippen molar-refractivity contribution < 1.29 is 19.1 Å². The fourth-order valence-corrected chi connectivity index (χ4v) is 4.95. The maximum atomic E-state index is 12.3. The highest BCUT2D eigenvalue weighted by Gasteiger charge is 2.28. The average Bonchev–Trinajstić information content (AvgIpc) is 3.35. The number of methoxy groups -OCH3 is 1. The summed E-state index contributed by atoms with van der Waals surface area (Å²) in [6, 6.07) is 17.5. The quantitative estimate of drug-likeness (QED) is 0.311. The molecule has 0 spiro atoms. The van der Waals surface area contributed by atoms with Gasteiger partial charge in [-0.2, -0.15) is 0 Å². The molecular weight excluding hydrogens is 494 g/mol. The molecule has 4 rings (SSSR count). The van der Waals surface area contributed by atoms with E-state index < -0.39 is 0 Å². The summed E-state index contributed by atoms with van der Waals surface area (Å²) in [4.78, 5) is 29.2. The van der Waals surface area contributed by atoms with Crippen LogP contribution in [-0.2, 0) is 22.6 Å². The van der Waals surface area contributed by atoms with Crippen LogP contribution in [0.3, 0.4) is 0 Å². The summed E-state index contributed by atoms with van der Waals surface area (Å²) in [5.74, 6) is 1.36. The standard InChI is InChI=1S/C30H39N5O4/c1-21(2)39-30(37)34-26-15-11-24(12-16-26)28-31-20-27(35(28)17-18-38-3)23-9-13-25(14-10-23)33-29(36)32-19-22-7-5-4-6-8-22/h4-10,13-14,20-21,24,26H,11-12,15-19H2,1-3H3,(H,34,37)(H2,32,33,36).